The van der Waals surface area contributed by atoms with E-state index in [9.17, 15) is 19.7 Å². The minimum Gasteiger partial charge on any atom is -0.467 e. The fourth-order valence-corrected chi connectivity index (χ4v) is 1.85. The fraction of sp³-hybridized carbons (Fsp3) is 0.200. The minimum absolute atomic E-state index is 0.00563. The predicted octanol–water partition coefficient (Wildman–Crippen LogP) is 2.22. The standard InChI is InChI=1S/C15H14N2O6/c1-10(13-6-3-7-22-13)16-14(18)9-23-15(19)11-4-2-5-12(8-11)17(20)21/h2-8,10H,9H2,1H3,(H,16,18)/t10-/m1/s1. The molecule has 0 unspecified atom stereocenters. The number of hydrogen-bond donors (Lipinski definition) is 1. The molecule has 0 aliphatic rings. The van der Waals surface area contributed by atoms with Crippen LogP contribution in [0.5, 0.6) is 0 Å². The molecule has 1 aromatic carbocycles. The zero-order chi connectivity index (χ0) is 16.8. The number of rotatable bonds is 6. The first-order valence-electron chi connectivity index (χ1n) is 6.71. The molecule has 2 rings (SSSR count). The molecule has 0 radical (unpaired) electrons. The van der Waals surface area contributed by atoms with Crippen molar-refractivity contribution in [2.75, 3.05) is 6.61 Å². The highest BCUT2D eigenvalue weighted by Gasteiger charge is 2.16. The molecule has 1 N–H and O–H groups in total. The van der Waals surface area contributed by atoms with Gasteiger partial charge in [0.1, 0.15) is 5.76 Å². The first-order valence-corrected chi connectivity index (χ1v) is 6.71. The molecule has 0 saturated heterocycles. The summed E-state index contributed by atoms with van der Waals surface area (Å²) >= 11 is 0. The van der Waals surface area contributed by atoms with Crippen molar-refractivity contribution in [3.63, 3.8) is 0 Å². The second-order valence-corrected chi connectivity index (χ2v) is 4.69. The van der Waals surface area contributed by atoms with Crippen LogP contribution in [0.3, 0.4) is 0 Å². The van der Waals surface area contributed by atoms with Crippen LogP contribution in [-0.4, -0.2) is 23.4 Å². The second kappa shape index (κ2) is 7.21. The number of esters is 1. The van der Waals surface area contributed by atoms with Gasteiger partial charge in [0.15, 0.2) is 6.61 Å². The molecule has 8 heteroatoms. The molecule has 0 fully saturated rings. The minimum atomic E-state index is -0.811. The molecule has 1 amide bonds. The van der Waals surface area contributed by atoms with Crippen molar-refractivity contribution >= 4 is 17.6 Å². The maximum atomic E-state index is 11.8. The van der Waals surface area contributed by atoms with Gasteiger partial charge in [0.05, 0.1) is 22.8 Å². The van der Waals surface area contributed by atoms with Crippen molar-refractivity contribution in [2.24, 2.45) is 0 Å². The lowest BCUT2D eigenvalue weighted by molar-refractivity contribution is -0.384. The Balaban J connectivity index is 1.87. The number of nitro benzene ring substituents is 1. The third-order valence-corrected chi connectivity index (χ3v) is 2.97. The molecule has 0 bridgehead atoms. The summed E-state index contributed by atoms with van der Waals surface area (Å²) in [6.07, 6.45) is 1.49. The van der Waals surface area contributed by atoms with E-state index >= 15 is 0 Å². The van der Waals surface area contributed by atoms with Crippen LogP contribution >= 0.6 is 0 Å². The van der Waals surface area contributed by atoms with Crippen LogP contribution in [0.4, 0.5) is 5.69 Å². The van der Waals surface area contributed by atoms with Crippen molar-refractivity contribution in [3.05, 3.63) is 64.1 Å². The van der Waals surface area contributed by atoms with E-state index in [4.69, 9.17) is 9.15 Å². The molecule has 1 atom stereocenters. The number of carbonyl (C=O) groups excluding carboxylic acids is 2. The quantitative estimate of drug-likeness (QED) is 0.496. The fourth-order valence-electron chi connectivity index (χ4n) is 1.85. The Morgan fingerprint density at radius 2 is 2.13 bits per heavy atom. The number of furan rings is 1. The van der Waals surface area contributed by atoms with Gasteiger partial charge in [-0.1, -0.05) is 6.07 Å². The Morgan fingerprint density at radius 3 is 2.78 bits per heavy atom. The lowest BCUT2D eigenvalue weighted by Crippen LogP contribution is -2.31. The highest BCUT2D eigenvalue weighted by atomic mass is 16.6. The zero-order valence-electron chi connectivity index (χ0n) is 12.2. The van der Waals surface area contributed by atoms with Crippen LogP contribution in [0.1, 0.15) is 29.1 Å². The summed E-state index contributed by atoms with van der Waals surface area (Å²) in [7, 11) is 0. The van der Waals surface area contributed by atoms with Gasteiger partial charge in [0.25, 0.3) is 11.6 Å². The Morgan fingerprint density at radius 1 is 1.35 bits per heavy atom. The molecule has 2 aromatic rings. The molecule has 0 saturated carbocycles. The lowest BCUT2D eigenvalue weighted by Gasteiger charge is -2.11. The van der Waals surface area contributed by atoms with Crippen molar-refractivity contribution in [1.29, 1.82) is 0 Å². The van der Waals surface area contributed by atoms with E-state index in [-0.39, 0.29) is 17.3 Å². The van der Waals surface area contributed by atoms with Crippen molar-refractivity contribution < 1.29 is 23.7 Å². The number of nitro groups is 1. The molecule has 8 nitrogen and oxygen atoms in total. The van der Waals surface area contributed by atoms with Crippen LogP contribution in [0.2, 0.25) is 0 Å². The van der Waals surface area contributed by atoms with Gasteiger partial charge in [0.2, 0.25) is 0 Å². The Hall–Kier alpha value is -3.16. The Kier molecular flexibility index (Phi) is 5.08. The molecule has 0 aliphatic heterocycles. The lowest BCUT2D eigenvalue weighted by atomic mass is 10.2. The van der Waals surface area contributed by atoms with E-state index in [0.717, 1.165) is 6.07 Å². The van der Waals surface area contributed by atoms with Gasteiger partial charge in [-0.25, -0.2) is 4.79 Å². The van der Waals surface area contributed by atoms with E-state index in [0.29, 0.717) is 5.76 Å². The van der Waals surface area contributed by atoms with Gasteiger partial charge in [0, 0.05) is 12.1 Å². The summed E-state index contributed by atoms with van der Waals surface area (Å²) in [5.74, 6) is -0.745. The van der Waals surface area contributed by atoms with Crippen LogP contribution < -0.4 is 5.32 Å². The monoisotopic (exact) mass is 318 g/mol. The number of amides is 1. The molecular weight excluding hydrogens is 304 g/mol. The number of ether oxygens (including phenoxy) is 1. The van der Waals surface area contributed by atoms with Crippen LogP contribution in [0.25, 0.3) is 0 Å². The number of non-ortho nitro benzene ring substituents is 1. The molecule has 1 heterocycles. The van der Waals surface area contributed by atoms with Gasteiger partial charge < -0.3 is 14.5 Å². The second-order valence-electron chi connectivity index (χ2n) is 4.69. The molecule has 23 heavy (non-hydrogen) atoms. The van der Waals surface area contributed by atoms with Crippen molar-refractivity contribution in [3.8, 4) is 0 Å². The maximum absolute atomic E-state index is 11.8. The molecule has 120 valence electrons. The summed E-state index contributed by atoms with van der Waals surface area (Å²) in [5.41, 5.74) is -0.221. The number of nitrogens with one attached hydrogen (secondary N) is 1. The van der Waals surface area contributed by atoms with E-state index in [1.165, 1.54) is 24.5 Å². The molecular formula is C15H14N2O6. The van der Waals surface area contributed by atoms with E-state index in [2.05, 4.69) is 5.32 Å². The van der Waals surface area contributed by atoms with Gasteiger partial charge in [-0.15, -0.1) is 0 Å². The van der Waals surface area contributed by atoms with E-state index < -0.39 is 23.4 Å². The number of hydrogen-bond acceptors (Lipinski definition) is 6. The van der Waals surface area contributed by atoms with Crippen LogP contribution in [0, 0.1) is 10.1 Å². The largest absolute Gasteiger partial charge is 0.467 e. The summed E-state index contributed by atoms with van der Waals surface area (Å²) in [4.78, 5) is 33.6. The summed E-state index contributed by atoms with van der Waals surface area (Å²) in [6, 6.07) is 8.13. The SMILES string of the molecule is C[C@@H](NC(=O)COC(=O)c1cccc([N+](=O)[O-])c1)c1ccco1. The normalized spacial score (nSPS) is 11.5. The molecule has 1 aromatic heterocycles. The van der Waals surface area contributed by atoms with Gasteiger partial charge in [-0.2, -0.15) is 0 Å². The third kappa shape index (κ3) is 4.40. The number of carbonyl (C=O) groups is 2. The Bertz CT molecular complexity index is 711. The number of benzene rings is 1. The Labute approximate surface area is 131 Å². The highest BCUT2D eigenvalue weighted by Crippen LogP contribution is 2.14. The van der Waals surface area contributed by atoms with E-state index in [1.54, 1.807) is 19.1 Å². The van der Waals surface area contributed by atoms with Crippen molar-refractivity contribution in [1.82, 2.24) is 5.32 Å². The average Bonchev–Trinajstić information content (AvgIpc) is 3.07. The highest BCUT2D eigenvalue weighted by molar-refractivity contribution is 5.91. The third-order valence-electron chi connectivity index (χ3n) is 2.97. The smallest absolute Gasteiger partial charge is 0.338 e. The first-order chi connectivity index (χ1) is 11.0. The van der Waals surface area contributed by atoms with Crippen LogP contribution in [0.15, 0.2) is 47.1 Å². The average molecular weight is 318 g/mol. The van der Waals surface area contributed by atoms with Gasteiger partial charge in [-0.05, 0) is 25.1 Å². The predicted molar refractivity (Wildman–Crippen MR) is 78.6 cm³/mol. The summed E-state index contributed by atoms with van der Waals surface area (Å²) in [6.45, 7) is 1.23. The summed E-state index contributed by atoms with van der Waals surface area (Å²) in [5, 5.41) is 13.3. The molecule has 0 aliphatic carbocycles. The zero-order valence-corrected chi connectivity index (χ0v) is 12.2. The number of nitrogens with zero attached hydrogens (tertiary/aromatic N) is 1. The molecule has 0 spiro atoms. The van der Waals surface area contributed by atoms with E-state index in [1.807, 2.05) is 0 Å². The van der Waals surface area contributed by atoms with Crippen LogP contribution in [-0.2, 0) is 9.53 Å². The maximum Gasteiger partial charge on any atom is 0.338 e. The first kappa shape index (κ1) is 16.2. The topological polar surface area (TPSA) is 112 Å². The van der Waals surface area contributed by atoms with Crippen molar-refractivity contribution in [2.45, 2.75) is 13.0 Å². The summed E-state index contributed by atoms with van der Waals surface area (Å²) < 4.78 is 9.98. The van der Waals surface area contributed by atoms with Gasteiger partial charge in [-0.3, -0.25) is 14.9 Å². The van der Waals surface area contributed by atoms with Gasteiger partial charge >= 0.3 is 5.97 Å².